The first-order valence-corrected chi connectivity index (χ1v) is 9.03. The number of hydrogen-bond acceptors (Lipinski definition) is 4. The number of carboxylic acid groups (broad SMARTS) is 1. The fourth-order valence-electron chi connectivity index (χ4n) is 2.83. The van der Waals surface area contributed by atoms with Gasteiger partial charge in [0, 0.05) is 18.3 Å². The summed E-state index contributed by atoms with van der Waals surface area (Å²) in [6.07, 6.45) is 14.1. The Bertz CT molecular complexity index is 504. The van der Waals surface area contributed by atoms with E-state index in [4.69, 9.17) is 5.11 Å². The van der Waals surface area contributed by atoms with Crippen molar-refractivity contribution >= 4 is 11.8 Å². The van der Waals surface area contributed by atoms with E-state index in [1.807, 2.05) is 24.3 Å². The van der Waals surface area contributed by atoms with Gasteiger partial charge in [0.15, 0.2) is 5.78 Å². The lowest BCUT2D eigenvalue weighted by Gasteiger charge is -2.13. The van der Waals surface area contributed by atoms with Crippen LogP contribution in [0.4, 0.5) is 0 Å². The molecule has 0 aromatic rings. The molecule has 0 saturated carbocycles. The van der Waals surface area contributed by atoms with E-state index >= 15 is 0 Å². The Morgan fingerprint density at radius 2 is 2.00 bits per heavy atom. The van der Waals surface area contributed by atoms with E-state index in [9.17, 15) is 19.8 Å². The van der Waals surface area contributed by atoms with Gasteiger partial charge in [-0.25, -0.2) is 0 Å². The quantitative estimate of drug-likeness (QED) is 0.371. The third kappa shape index (κ3) is 9.37. The van der Waals surface area contributed by atoms with Gasteiger partial charge in [0.2, 0.25) is 0 Å². The number of carboxylic acids is 1. The second-order valence-corrected chi connectivity index (χ2v) is 6.67. The molecule has 0 saturated heterocycles. The highest BCUT2D eigenvalue weighted by atomic mass is 16.4. The Labute approximate surface area is 149 Å². The standard InChI is InChI=1S/C20H30O5/c1-15(21)7-6-8-17(22)13-11-16-12-14-19(23)18(16)9-4-2-3-5-10-20(24)25/h2,4,11-18,21-22H,3,5-10H2,1H3,(H,24,25). The third-order valence-electron chi connectivity index (χ3n) is 4.31. The third-order valence-corrected chi connectivity index (χ3v) is 4.31. The summed E-state index contributed by atoms with van der Waals surface area (Å²) in [5.74, 6) is -0.853. The molecule has 4 unspecified atom stereocenters. The van der Waals surface area contributed by atoms with E-state index in [1.165, 1.54) is 0 Å². The van der Waals surface area contributed by atoms with Gasteiger partial charge in [0.05, 0.1) is 12.2 Å². The van der Waals surface area contributed by atoms with Crippen LogP contribution >= 0.6 is 0 Å². The van der Waals surface area contributed by atoms with Crippen LogP contribution in [-0.4, -0.2) is 39.3 Å². The maximum absolute atomic E-state index is 12.0. The molecule has 0 heterocycles. The van der Waals surface area contributed by atoms with E-state index in [0.29, 0.717) is 32.1 Å². The number of hydrogen-bond donors (Lipinski definition) is 3. The molecule has 0 aromatic heterocycles. The number of ketones is 1. The summed E-state index contributed by atoms with van der Waals surface area (Å²) >= 11 is 0. The van der Waals surface area contributed by atoms with Gasteiger partial charge in [0.25, 0.3) is 0 Å². The summed E-state index contributed by atoms with van der Waals surface area (Å²) in [5, 5.41) is 27.7. The molecule has 5 nitrogen and oxygen atoms in total. The molecule has 0 bridgehead atoms. The molecule has 0 fully saturated rings. The Morgan fingerprint density at radius 3 is 2.68 bits per heavy atom. The lowest BCUT2D eigenvalue weighted by molar-refractivity contribution is -0.137. The van der Waals surface area contributed by atoms with E-state index in [1.54, 1.807) is 19.1 Å². The van der Waals surface area contributed by atoms with Crippen LogP contribution in [0.15, 0.2) is 36.5 Å². The fraction of sp³-hybridized carbons (Fsp3) is 0.600. The number of rotatable bonds is 12. The average molecular weight is 350 g/mol. The van der Waals surface area contributed by atoms with Crippen molar-refractivity contribution in [2.75, 3.05) is 0 Å². The second-order valence-electron chi connectivity index (χ2n) is 6.67. The van der Waals surface area contributed by atoms with Crippen LogP contribution < -0.4 is 0 Å². The van der Waals surface area contributed by atoms with Crippen molar-refractivity contribution in [2.24, 2.45) is 11.8 Å². The number of carbonyl (C=O) groups excluding carboxylic acids is 1. The van der Waals surface area contributed by atoms with Gasteiger partial charge in [-0.3, -0.25) is 9.59 Å². The molecule has 140 valence electrons. The van der Waals surface area contributed by atoms with Crippen molar-refractivity contribution in [3.8, 4) is 0 Å². The predicted octanol–water partition coefficient (Wildman–Crippen LogP) is 3.03. The zero-order valence-electron chi connectivity index (χ0n) is 14.9. The summed E-state index contributed by atoms with van der Waals surface area (Å²) in [4.78, 5) is 22.4. The zero-order valence-corrected chi connectivity index (χ0v) is 14.9. The van der Waals surface area contributed by atoms with Crippen molar-refractivity contribution in [2.45, 2.75) is 64.1 Å². The van der Waals surface area contributed by atoms with Crippen molar-refractivity contribution in [3.63, 3.8) is 0 Å². The van der Waals surface area contributed by atoms with Crippen LogP contribution in [0, 0.1) is 11.8 Å². The summed E-state index contributed by atoms with van der Waals surface area (Å²) in [6, 6.07) is 0. The average Bonchev–Trinajstić information content (AvgIpc) is 2.88. The number of aliphatic hydroxyl groups is 2. The lowest BCUT2D eigenvalue weighted by Crippen LogP contribution is -2.14. The highest BCUT2D eigenvalue weighted by Crippen LogP contribution is 2.27. The van der Waals surface area contributed by atoms with Crippen LogP contribution in [0.1, 0.15) is 51.9 Å². The summed E-state index contributed by atoms with van der Waals surface area (Å²) < 4.78 is 0. The van der Waals surface area contributed by atoms with Gasteiger partial charge in [-0.05, 0) is 51.5 Å². The van der Waals surface area contributed by atoms with E-state index in [2.05, 4.69) is 0 Å². The predicted molar refractivity (Wildman–Crippen MR) is 97.0 cm³/mol. The Hall–Kier alpha value is -1.72. The molecule has 0 radical (unpaired) electrons. The van der Waals surface area contributed by atoms with Gasteiger partial charge in [0.1, 0.15) is 0 Å². The van der Waals surface area contributed by atoms with Crippen molar-refractivity contribution < 1.29 is 24.9 Å². The summed E-state index contributed by atoms with van der Waals surface area (Å²) in [6.45, 7) is 1.73. The Morgan fingerprint density at radius 1 is 1.24 bits per heavy atom. The number of unbranched alkanes of at least 4 members (excludes halogenated alkanes) is 1. The minimum Gasteiger partial charge on any atom is -0.481 e. The molecule has 0 aromatic carbocycles. The first kappa shape index (κ1) is 21.3. The molecule has 3 N–H and O–H groups in total. The van der Waals surface area contributed by atoms with Gasteiger partial charge in [-0.2, -0.15) is 0 Å². The first-order valence-electron chi connectivity index (χ1n) is 9.03. The van der Waals surface area contributed by atoms with E-state index < -0.39 is 12.1 Å². The minimum atomic E-state index is -0.791. The van der Waals surface area contributed by atoms with Gasteiger partial charge in [-0.1, -0.05) is 30.4 Å². The second kappa shape index (κ2) is 11.8. The largest absolute Gasteiger partial charge is 0.481 e. The number of aliphatic carboxylic acids is 1. The molecule has 4 atom stereocenters. The van der Waals surface area contributed by atoms with E-state index in [0.717, 1.165) is 6.42 Å². The van der Waals surface area contributed by atoms with Crippen LogP contribution in [-0.2, 0) is 9.59 Å². The van der Waals surface area contributed by atoms with Crippen molar-refractivity contribution in [1.82, 2.24) is 0 Å². The number of allylic oxidation sites excluding steroid dienone is 5. The SMILES string of the molecule is CC(O)CCCC(O)C=CC1C=CC(=O)C1CC=CCCCC(=O)O. The van der Waals surface area contributed by atoms with E-state index in [-0.39, 0.29) is 30.1 Å². The summed E-state index contributed by atoms with van der Waals surface area (Å²) in [7, 11) is 0. The topological polar surface area (TPSA) is 94.8 Å². The van der Waals surface area contributed by atoms with Crippen LogP contribution in [0.2, 0.25) is 0 Å². The molecule has 1 aliphatic carbocycles. The highest BCUT2D eigenvalue weighted by molar-refractivity contribution is 5.95. The molecule has 1 rings (SSSR count). The fourth-order valence-corrected chi connectivity index (χ4v) is 2.83. The molecule has 25 heavy (non-hydrogen) atoms. The molecule has 5 heteroatoms. The van der Waals surface area contributed by atoms with Crippen LogP contribution in [0.5, 0.6) is 0 Å². The highest BCUT2D eigenvalue weighted by Gasteiger charge is 2.27. The van der Waals surface area contributed by atoms with Gasteiger partial charge >= 0.3 is 5.97 Å². The minimum absolute atomic E-state index is 0.0115. The maximum atomic E-state index is 12.0. The molecular formula is C20H30O5. The Kier molecular flexibility index (Phi) is 10.0. The zero-order chi connectivity index (χ0) is 18.7. The molecule has 0 spiro atoms. The van der Waals surface area contributed by atoms with Gasteiger partial charge < -0.3 is 15.3 Å². The number of aliphatic hydroxyl groups excluding tert-OH is 2. The molecule has 0 amide bonds. The normalized spacial score (nSPS) is 22.9. The van der Waals surface area contributed by atoms with Gasteiger partial charge in [-0.15, -0.1) is 0 Å². The number of carbonyl (C=O) groups is 2. The molecule has 0 aliphatic heterocycles. The van der Waals surface area contributed by atoms with Crippen LogP contribution in [0.3, 0.4) is 0 Å². The lowest BCUT2D eigenvalue weighted by atomic mass is 9.90. The smallest absolute Gasteiger partial charge is 0.303 e. The van der Waals surface area contributed by atoms with Crippen LogP contribution in [0.25, 0.3) is 0 Å². The molecular weight excluding hydrogens is 320 g/mol. The van der Waals surface area contributed by atoms with Crippen molar-refractivity contribution in [3.05, 3.63) is 36.5 Å². The monoisotopic (exact) mass is 350 g/mol. The molecule has 1 aliphatic rings. The van der Waals surface area contributed by atoms with Crippen molar-refractivity contribution in [1.29, 1.82) is 0 Å². The Balaban J connectivity index is 2.38. The summed E-state index contributed by atoms with van der Waals surface area (Å²) in [5.41, 5.74) is 0. The first-order chi connectivity index (χ1) is 11.9. The maximum Gasteiger partial charge on any atom is 0.303 e.